The van der Waals surface area contributed by atoms with Gasteiger partial charge in [0.15, 0.2) is 0 Å². The summed E-state index contributed by atoms with van der Waals surface area (Å²) in [4.78, 5) is 2.37. The van der Waals surface area contributed by atoms with Crippen LogP contribution in [0.1, 0.15) is 0 Å². The van der Waals surface area contributed by atoms with Gasteiger partial charge in [0, 0.05) is 44.3 Å². The molecule has 0 atom stereocenters. The van der Waals surface area contributed by atoms with Crippen LogP contribution in [0.25, 0.3) is 93.6 Å². The van der Waals surface area contributed by atoms with Gasteiger partial charge in [0.25, 0.3) is 0 Å². The average molecular weight is 779 g/mol. The highest BCUT2D eigenvalue weighted by molar-refractivity contribution is 6.10. The molecular weight excluding hydrogens is 741 g/mol. The third-order valence-electron chi connectivity index (χ3n) is 12.2. The predicted octanol–water partition coefficient (Wildman–Crippen LogP) is 16.3. The van der Waals surface area contributed by atoms with Crippen molar-refractivity contribution in [2.24, 2.45) is 0 Å². The summed E-state index contributed by atoms with van der Waals surface area (Å²) in [5.74, 6) is 0. The van der Waals surface area contributed by atoms with Crippen molar-refractivity contribution in [1.82, 2.24) is 4.57 Å². The molecule has 3 heteroatoms. The maximum absolute atomic E-state index is 6.27. The summed E-state index contributed by atoms with van der Waals surface area (Å²) in [5, 5.41) is 7.25. The summed E-state index contributed by atoms with van der Waals surface area (Å²) in [5.41, 5.74) is 15.6. The molecule has 2 heterocycles. The Hall–Kier alpha value is -8.14. The number of rotatable bonds is 7. The Balaban J connectivity index is 0.986. The highest BCUT2D eigenvalue weighted by atomic mass is 16.3. The Kier molecular flexibility index (Phi) is 8.17. The maximum Gasteiger partial charge on any atom is 0.136 e. The van der Waals surface area contributed by atoms with E-state index in [2.05, 4.69) is 228 Å². The molecule has 0 spiro atoms. The van der Waals surface area contributed by atoms with Crippen LogP contribution in [-0.2, 0) is 0 Å². The smallest absolute Gasteiger partial charge is 0.136 e. The molecule has 0 bridgehead atoms. The van der Waals surface area contributed by atoms with Gasteiger partial charge in [0.2, 0.25) is 0 Å². The van der Waals surface area contributed by atoms with Crippen molar-refractivity contribution in [3.63, 3.8) is 0 Å². The summed E-state index contributed by atoms with van der Waals surface area (Å²) < 4.78 is 8.66. The van der Waals surface area contributed by atoms with E-state index in [1.54, 1.807) is 0 Å². The van der Waals surface area contributed by atoms with Crippen LogP contribution in [0.5, 0.6) is 0 Å². The first-order chi connectivity index (χ1) is 30.2. The van der Waals surface area contributed by atoms with Crippen LogP contribution >= 0.6 is 0 Å². The summed E-state index contributed by atoms with van der Waals surface area (Å²) in [6.07, 6.45) is 0. The predicted molar refractivity (Wildman–Crippen MR) is 257 cm³/mol. The highest BCUT2D eigenvalue weighted by Crippen LogP contribution is 2.42. The van der Waals surface area contributed by atoms with Crippen molar-refractivity contribution in [2.45, 2.75) is 0 Å². The van der Waals surface area contributed by atoms with Crippen LogP contribution in [0.4, 0.5) is 17.1 Å². The van der Waals surface area contributed by atoms with Gasteiger partial charge in [0.1, 0.15) is 11.2 Å². The summed E-state index contributed by atoms with van der Waals surface area (Å²) in [6, 6.07) is 83.0. The molecule has 0 amide bonds. The number of benzene rings is 10. The molecule has 3 nitrogen and oxygen atoms in total. The van der Waals surface area contributed by atoms with E-state index in [1.165, 1.54) is 54.8 Å². The largest absolute Gasteiger partial charge is 0.456 e. The van der Waals surface area contributed by atoms with Crippen molar-refractivity contribution in [1.29, 1.82) is 0 Å². The fourth-order valence-electron chi connectivity index (χ4n) is 9.36. The van der Waals surface area contributed by atoms with E-state index >= 15 is 0 Å². The van der Waals surface area contributed by atoms with Gasteiger partial charge >= 0.3 is 0 Å². The van der Waals surface area contributed by atoms with E-state index in [1.807, 2.05) is 12.1 Å². The van der Waals surface area contributed by atoms with Crippen molar-refractivity contribution >= 4 is 71.6 Å². The Bertz CT molecular complexity index is 3520. The van der Waals surface area contributed by atoms with Gasteiger partial charge in [-0.05, 0) is 117 Å². The number of hydrogen-bond acceptors (Lipinski definition) is 2. The Labute approximate surface area is 353 Å². The van der Waals surface area contributed by atoms with Gasteiger partial charge in [-0.3, -0.25) is 0 Å². The zero-order valence-electron chi connectivity index (χ0n) is 33.2. The molecule has 10 aromatic carbocycles. The molecule has 0 N–H and O–H groups in total. The fraction of sp³-hybridized carbons (Fsp3) is 0. The number of furan rings is 1. The monoisotopic (exact) mass is 778 g/mol. The quantitative estimate of drug-likeness (QED) is 0.161. The molecule has 0 unspecified atom stereocenters. The lowest BCUT2D eigenvalue weighted by Gasteiger charge is -2.27. The molecule has 12 rings (SSSR count). The first kappa shape index (κ1) is 34.9. The van der Waals surface area contributed by atoms with Gasteiger partial charge in [-0.15, -0.1) is 0 Å². The van der Waals surface area contributed by atoms with Crippen LogP contribution in [0.3, 0.4) is 0 Å². The molecule has 0 saturated carbocycles. The van der Waals surface area contributed by atoms with Crippen molar-refractivity contribution in [3.05, 3.63) is 231 Å². The lowest BCUT2D eigenvalue weighted by atomic mass is 9.91. The minimum absolute atomic E-state index is 0.897. The van der Waals surface area contributed by atoms with Crippen LogP contribution in [-0.4, -0.2) is 4.57 Å². The molecule has 0 radical (unpaired) electrons. The van der Waals surface area contributed by atoms with Crippen LogP contribution in [0, 0.1) is 0 Å². The molecule has 0 aliphatic heterocycles. The van der Waals surface area contributed by atoms with E-state index in [9.17, 15) is 0 Å². The first-order valence-electron chi connectivity index (χ1n) is 20.8. The molecule has 0 aliphatic carbocycles. The molecule has 12 aromatic rings. The number of hydrogen-bond donors (Lipinski definition) is 0. The third kappa shape index (κ3) is 5.90. The number of anilines is 3. The van der Waals surface area contributed by atoms with Crippen molar-refractivity contribution in [3.8, 4) is 39.1 Å². The molecule has 2 aromatic heterocycles. The summed E-state index contributed by atoms with van der Waals surface area (Å²) >= 11 is 0. The second-order valence-electron chi connectivity index (χ2n) is 15.7. The maximum atomic E-state index is 6.27. The molecule has 0 fully saturated rings. The van der Waals surface area contributed by atoms with Crippen molar-refractivity contribution < 1.29 is 4.42 Å². The number of fused-ring (bicyclic) bond motifs is 7. The lowest BCUT2D eigenvalue weighted by Crippen LogP contribution is -2.10. The molecule has 0 aliphatic rings. The standard InChI is InChI=1S/C58H38N2O/c1-2-13-40(14-3-1)48-22-10-15-42-16-11-23-49(58(42)48)41-29-34-45(35-30-41)59(44-32-27-39(28-33-44)43-31-36-53-52-21-6-9-26-56(52)61-57(53)37-43)46-17-12-18-47(38-46)60-54-24-7-4-19-50(54)51-20-5-8-25-55(51)60/h1-38H. The number of nitrogens with zero attached hydrogens (tertiary/aromatic N) is 2. The third-order valence-corrected chi connectivity index (χ3v) is 12.2. The van der Waals surface area contributed by atoms with E-state index < -0.39 is 0 Å². The van der Waals surface area contributed by atoms with Gasteiger partial charge < -0.3 is 13.9 Å². The van der Waals surface area contributed by atoms with Gasteiger partial charge in [0.05, 0.1) is 11.0 Å². The average Bonchev–Trinajstić information content (AvgIpc) is 3.88. The highest BCUT2D eigenvalue weighted by Gasteiger charge is 2.18. The van der Waals surface area contributed by atoms with E-state index in [0.717, 1.165) is 55.8 Å². The minimum Gasteiger partial charge on any atom is -0.456 e. The topological polar surface area (TPSA) is 21.3 Å². The molecule has 61 heavy (non-hydrogen) atoms. The van der Waals surface area contributed by atoms with Crippen LogP contribution < -0.4 is 4.90 Å². The summed E-state index contributed by atoms with van der Waals surface area (Å²) in [6.45, 7) is 0. The van der Waals surface area contributed by atoms with Gasteiger partial charge in [-0.1, -0.05) is 158 Å². The lowest BCUT2D eigenvalue weighted by molar-refractivity contribution is 0.669. The Morgan fingerprint density at radius 3 is 1.56 bits per heavy atom. The van der Waals surface area contributed by atoms with Crippen LogP contribution in [0.15, 0.2) is 235 Å². The Morgan fingerprint density at radius 1 is 0.328 bits per heavy atom. The second kappa shape index (κ2) is 14.3. The minimum atomic E-state index is 0.897. The van der Waals surface area contributed by atoms with Crippen molar-refractivity contribution in [2.75, 3.05) is 4.90 Å². The zero-order valence-corrected chi connectivity index (χ0v) is 33.2. The number of para-hydroxylation sites is 3. The second-order valence-corrected chi connectivity index (χ2v) is 15.7. The van der Waals surface area contributed by atoms with Gasteiger partial charge in [-0.25, -0.2) is 0 Å². The van der Waals surface area contributed by atoms with E-state index in [0.29, 0.717) is 0 Å². The van der Waals surface area contributed by atoms with Gasteiger partial charge in [-0.2, -0.15) is 0 Å². The normalized spacial score (nSPS) is 11.6. The SMILES string of the molecule is c1ccc(-c2cccc3cccc(-c4ccc(N(c5ccc(-c6ccc7c(c6)oc6ccccc67)cc5)c5cccc(-n6c7ccccc7c7ccccc76)c5)cc4)c23)cc1. The van der Waals surface area contributed by atoms with E-state index in [-0.39, 0.29) is 0 Å². The molecular formula is C58H38N2O. The molecule has 0 saturated heterocycles. The molecule has 286 valence electrons. The first-order valence-corrected chi connectivity index (χ1v) is 20.8. The van der Waals surface area contributed by atoms with Crippen LogP contribution in [0.2, 0.25) is 0 Å². The van der Waals surface area contributed by atoms with E-state index in [4.69, 9.17) is 4.42 Å². The number of aromatic nitrogens is 1. The fourth-order valence-corrected chi connectivity index (χ4v) is 9.36. The summed E-state index contributed by atoms with van der Waals surface area (Å²) in [7, 11) is 0. The Morgan fingerprint density at radius 2 is 0.869 bits per heavy atom. The zero-order chi connectivity index (χ0) is 40.3.